The van der Waals surface area contributed by atoms with Crippen LogP contribution in [0.4, 0.5) is 0 Å². The van der Waals surface area contributed by atoms with Gasteiger partial charge in [-0.3, -0.25) is 4.98 Å². The van der Waals surface area contributed by atoms with Crippen molar-refractivity contribution in [3.63, 3.8) is 0 Å². The molecule has 1 aliphatic rings. The lowest BCUT2D eigenvalue weighted by Crippen LogP contribution is -2.06. The molecule has 1 fully saturated rings. The predicted octanol–water partition coefficient (Wildman–Crippen LogP) is 8.00. The van der Waals surface area contributed by atoms with Gasteiger partial charge in [0.1, 0.15) is 29.9 Å². The van der Waals surface area contributed by atoms with Crippen LogP contribution in [0.3, 0.4) is 0 Å². The second kappa shape index (κ2) is 11.5. The van der Waals surface area contributed by atoms with Crippen LogP contribution >= 0.6 is 34.8 Å². The van der Waals surface area contributed by atoms with E-state index >= 15 is 0 Å². The number of ether oxygens (including phenoxy) is 2. The number of pyridine rings is 1. The Labute approximate surface area is 239 Å². The molecule has 196 valence electrons. The third-order valence-electron chi connectivity index (χ3n) is 6.21. The Kier molecular flexibility index (Phi) is 7.89. The summed E-state index contributed by atoms with van der Waals surface area (Å²) in [5, 5.41) is 15.3. The number of nitrogens with zero attached hydrogens (tertiary/aromatic N) is 3. The summed E-state index contributed by atoms with van der Waals surface area (Å²) >= 11 is 19.4. The fourth-order valence-electron chi connectivity index (χ4n) is 4.12. The van der Waals surface area contributed by atoms with Crippen molar-refractivity contribution in [3.05, 3.63) is 97.9 Å². The normalized spacial score (nSPS) is 13.2. The van der Waals surface area contributed by atoms with Crippen molar-refractivity contribution in [1.82, 2.24) is 10.1 Å². The molecule has 0 spiro atoms. The van der Waals surface area contributed by atoms with Gasteiger partial charge >= 0.3 is 5.97 Å². The largest absolute Gasteiger partial charge is 0.489 e. The third kappa shape index (κ3) is 5.64. The number of nitriles is 1. The maximum absolute atomic E-state index is 12.1. The number of allylic oxidation sites excluding steroid dienone is 1. The summed E-state index contributed by atoms with van der Waals surface area (Å²) in [4.78, 5) is 16.3. The van der Waals surface area contributed by atoms with Crippen LogP contribution in [0.5, 0.6) is 5.75 Å². The van der Waals surface area contributed by atoms with E-state index in [-0.39, 0.29) is 29.4 Å². The van der Waals surface area contributed by atoms with Crippen molar-refractivity contribution in [2.24, 2.45) is 0 Å². The van der Waals surface area contributed by atoms with Crippen LogP contribution < -0.4 is 4.74 Å². The molecule has 39 heavy (non-hydrogen) atoms. The highest BCUT2D eigenvalue weighted by Crippen LogP contribution is 2.46. The number of rotatable bonds is 8. The van der Waals surface area contributed by atoms with Crippen molar-refractivity contribution in [2.75, 3.05) is 7.11 Å². The molecule has 1 aliphatic carbocycles. The number of benzene rings is 2. The maximum Gasteiger partial charge on any atom is 0.340 e. The van der Waals surface area contributed by atoms with Crippen molar-refractivity contribution in [1.29, 1.82) is 5.26 Å². The van der Waals surface area contributed by atoms with Gasteiger partial charge in [-0.05, 0) is 66.9 Å². The fraction of sp³-hybridized carbons (Fsp3) is 0.172. The number of carbonyl (C=O) groups excluding carboxylic acids is 1. The van der Waals surface area contributed by atoms with E-state index in [1.54, 1.807) is 54.6 Å². The molecule has 2 heterocycles. The molecule has 2 aromatic heterocycles. The number of methoxy groups -OCH3 is 1. The van der Waals surface area contributed by atoms with Gasteiger partial charge in [-0.1, -0.05) is 46.0 Å². The first-order valence-electron chi connectivity index (χ1n) is 11.9. The van der Waals surface area contributed by atoms with E-state index in [1.807, 2.05) is 0 Å². The number of halogens is 3. The second-order valence-corrected chi connectivity index (χ2v) is 10.00. The quantitative estimate of drug-likeness (QED) is 0.154. The first-order chi connectivity index (χ1) is 18.9. The molecule has 0 atom stereocenters. The minimum Gasteiger partial charge on any atom is -0.489 e. The molecule has 7 nitrogen and oxygen atoms in total. The molecule has 5 rings (SSSR count). The second-order valence-electron chi connectivity index (χ2n) is 8.78. The number of aromatic nitrogens is 2. The lowest BCUT2D eigenvalue weighted by Gasteiger charge is -2.11. The summed E-state index contributed by atoms with van der Waals surface area (Å²) in [6.45, 7) is 0.164. The van der Waals surface area contributed by atoms with Gasteiger partial charge in [-0.15, -0.1) is 0 Å². The topological polar surface area (TPSA) is 98.2 Å². The zero-order valence-electron chi connectivity index (χ0n) is 20.6. The summed E-state index contributed by atoms with van der Waals surface area (Å²) < 4.78 is 16.6. The van der Waals surface area contributed by atoms with E-state index in [9.17, 15) is 10.1 Å². The number of hydrogen-bond donors (Lipinski definition) is 0. The Hall–Kier alpha value is -3.83. The van der Waals surface area contributed by atoms with Crippen LogP contribution in [0.1, 0.15) is 51.7 Å². The predicted molar refractivity (Wildman–Crippen MR) is 149 cm³/mol. The van der Waals surface area contributed by atoms with Crippen LogP contribution in [0.25, 0.3) is 22.9 Å². The average Bonchev–Trinajstić information content (AvgIpc) is 3.71. The summed E-state index contributed by atoms with van der Waals surface area (Å²) in [5.74, 6) is 0.962. The number of esters is 1. The Morgan fingerprint density at radius 3 is 2.56 bits per heavy atom. The van der Waals surface area contributed by atoms with E-state index in [4.69, 9.17) is 48.8 Å². The SMILES string of the molecule is COC(=O)c1cccnc1/C(C#N)=C/c1ccc(OCc2c(-c3c(Cl)cccc3Cl)noc2C2CC2)cc1Cl. The minimum atomic E-state index is -0.592. The highest BCUT2D eigenvalue weighted by atomic mass is 35.5. The van der Waals surface area contributed by atoms with E-state index < -0.39 is 5.97 Å². The van der Waals surface area contributed by atoms with E-state index in [0.717, 1.165) is 24.2 Å². The Balaban J connectivity index is 1.42. The van der Waals surface area contributed by atoms with Gasteiger partial charge in [0, 0.05) is 17.7 Å². The molecule has 0 saturated heterocycles. The fourth-order valence-corrected chi connectivity index (χ4v) is 4.92. The van der Waals surface area contributed by atoms with Gasteiger partial charge in [-0.2, -0.15) is 5.26 Å². The lowest BCUT2D eigenvalue weighted by molar-refractivity contribution is 0.0600. The van der Waals surface area contributed by atoms with Crippen LogP contribution in [0.15, 0.2) is 59.3 Å². The smallest absolute Gasteiger partial charge is 0.340 e. The Bertz CT molecular complexity index is 1620. The van der Waals surface area contributed by atoms with Crippen LogP contribution in [-0.2, 0) is 11.3 Å². The highest BCUT2D eigenvalue weighted by molar-refractivity contribution is 6.39. The van der Waals surface area contributed by atoms with Crippen LogP contribution in [0.2, 0.25) is 15.1 Å². The highest BCUT2D eigenvalue weighted by Gasteiger charge is 2.33. The molecule has 0 bridgehead atoms. The van der Waals surface area contributed by atoms with Crippen molar-refractivity contribution in [3.8, 4) is 23.1 Å². The van der Waals surface area contributed by atoms with Crippen molar-refractivity contribution < 1.29 is 18.8 Å². The van der Waals surface area contributed by atoms with E-state index in [1.165, 1.54) is 13.3 Å². The summed E-state index contributed by atoms with van der Waals surface area (Å²) in [6.07, 6.45) is 5.08. The van der Waals surface area contributed by atoms with Gasteiger partial charge in [0.05, 0.1) is 44.6 Å². The third-order valence-corrected chi connectivity index (χ3v) is 7.17. The summed E-state index contributed by atoms with van der Waals surface area (Å²) in [7, 11) is 1.27. The minimum absolute atomic E-state index is 0.159. The lowest BCUT2D eigenvalue weighted by atomic mass is 10.0. The average molecular weight is 581 g/mol. The first-order valence-corrected chi connectivity index (χ1v) is 13.0. The van der Waals surface area contributed by atoms with Crippen molar-refractivity contribution in [2.45, 2.75) is 25.4 Å². The van der Waals surface area contributed by atoms with E-state index in [0.29, 0.717) is 37.6 Å². The molecular formula is C29H20Cl3N3O4. The molecule has 0 radical (unpaired) electrons. The maximum atomic E-state index is 12.1. The van der Waals surface area contributed by atoms with Crippen LogP contribution in [-0.4, -0.2) is 23.2 Å². The van der Waals surface area contributed by atoms with Gasteiger partial charge < -0.3 is 14.0 Å². The molecule has 4 aromatic rings. The van der Waals surface area contributed by atoms with E-state index in [2.05, 4.69) is 16.2 Å². The van der Waals surface area contributed by atoms with Gasteiger partial charge in [-0.25, -0.2) is 4.79 Å². The zero-order valence-corrected chi connectivity index (χ0v) is 22.8. The molecule has 10 heteroatoms. The molecule has 1 saturated carbocycles. The Morgan fingerprint density at radius 2 is 1.90 bits per heavy atom. The molecule has 0 unspecified atom stereocenters. The molecule has 0 N–H and O–H groups in total. The number of hydrogen-bond acceptors (Lipinski definition) is 7. The first kappa shape index (κ1) is 26.8. The molecule has 0 amide bonds. The van der Waals surface area contributed by atoms with Gasteiger partial charge in [0.2, 0.25) is 0 Å². The monoisotopic (exact) mass is 579 g/mol. The van der Waals surface area contributed by atoms with Gasteiger partial charge in [0.15, 0.2) is 0 Å². The molecule has 0 aliphatic heterocycles. The molecular weight excluding hydrogens is 561 g/mol. The van der Waals surface area contributed by atoms with Crippen LogP contribution in [0, 0.1) is 11.3 Å². The standard InChI is InChI=1S/C29H20Cl3N3O4/c1-37-29(36)20-4-3-11-34-26(20)18(14-33)12-17-9-10-19(13-24(17)32)38-15-21-27(35-39-28(21)16-7-8-16)25-22(30)5-2-6-23(25)31/h2-6,9-13,16H,7-8,15H2,1H3/b18-12+. The summed E-state index contributed by atoms with van der Waals surface area (Å²) in [5.41, 5.74) is 3.02. The number of carbonyl (C=O) groups is 1. The van der Waals surface area contributed by atoms with Crippen molar-refractivity contribution >= 4 is 52.4 Å². The Morgan fingerprint density at radius 1 is 1.13 bits per heavy atom. The summed E-state index contributed by atoms with van der Waals surface area (Å²) in [6, 6.07) is 15.6. The van der Waals surface area contributed by atoms with Gasteiger partial charge in [0.25, 0.3) is 0 Å². The zero-order chi connectivity index (χ0) is 27.5. The molecule has 2 aromatic carbocycles.